The number of nitrogens with one attached hydrogen (secondary N) is 1. The van der Waals surface area contributed by atoms with Crippen LogP contribution in [0.3, 0.4) is 0 Å². The number of hydrogen-bond donors (Lipinski definition) is 5. The third kappa shape index (κ3) is 42.1. The molecule has 0 saturated heterocycles. The van der Waals surface area contributed by atoms with Crippen molar-refractivity contribution in [2.75, 3.05) is 6.61 Å². The monoisotopic (exact) mass is 848 g/mol. The van der Waals surface area contributed by atoms with Crippen molar-refractivity contribution in [2.45, 2.75) is 308 Å². The molecule has 0 aromatic rings. The molecule has 0 radical (unpaired) electrons. The van der Waals surface area contributed by atoms with Crippen LogP contribution in [0.1, 0.15) is 284 Å². The number of rotatable bonds is 49. The van der Waals surface area contributed by atoms with Crippen molar-refractivity contribution in [1.82, 2.24) is 5.32 Å². The minimum atomic E-state index is -1.26. The molecule has 1 amide bonds. The lowest BCUT2D eigenvalue weighted by atomic mass is 9.99. The molecular formula is C54H105NO5. The van der Waals surface area contributed by atoms with E-state index in [4.69, 9.17) is 0 Å². The van der Waals surface area contributed by atoms with Crippen LogP contribution in [0.15, 0.2) is 24.3 Å². The highest BCUT2D eigenvalue weighted by molar-refractivity contribution is 5.80. The smallest absolute Gasteiger partial charge is 0.249 e. The topological polar surface area (TPSA) is 110 Å². The van der Waals surface area contributed by atoms with Gasteiger partial charge in [-0.1, -0.05) is 263 Å². The van der Waals surface area contributed by atoms with Gasteiger partial charge in [-0.15, -0.1) is 0 Å². The first-order chi connectivity index (χ1) is 29.5. The summed E-state index contributed by atoms with van der Waals surface area (Å²) >= 11 is 0. The lowest BCUT2D eigenvalue weighted by Crippen LogP contribution is -2.53. The number of amides is 1. The highest BCUT2D eigenvalue weighted by atomic mass is 16.3. The van der Waals surface area contributed by atoms with E-state index >= 15 is 0 Å². The van der Waals surface area contributed by atoms with E-state index < -0.39 is 36.9 Å². The molecular weight excluding hydrogens is 743 g/mol. The summed E-state index contributed by atoms with van der Waals surface area (Å²) in [5.74, 6) is -0.588. The largest absolute Gasteiger partial charge is 0.394 e. The fourth-order valence-electron chi connectivity index (χ4n) is 8.44. The van der Waals surface area contributed by atoms with Gasteiger partial charge in [-0.3, -0.25) is 4.79 Å². The van der Waals surface area contributed by atoms with Crippen molar-refractivity contribution in [3.8, 4) is 0 Å². The van der Waals surface area contributed by atoms with Crippen LogP contribution >= 0.6 is 0 Å². The van der Waals surface area contributed by atoms with Crippen molar-refractivity contribution in [1.29, 1.82) is 0 Å². The quantitative estimate of drug-likeness (QED) is 0.0309. The van der Waals surface area contributed by atoms with E-state index in [9.17, 15) is 25.2 Å². The maximum atomic E-state index is 12.6. The summed E-state index contributed by atoms with van der Waals surface area (Å²) in [7, 11) is 0. The molecule has 4 atom stereocenters. The third-order valence-corrected chi connectivity index (χ3v) is 12.7. The van der Waals surface area contributed by atoms with E-state index in [2.05, 4.69) is 43.5 Å². The van der Waals surface area contributed by atoms with Crippen LogP contribution in [-0.4, -0.2) is 57.3 Å². The molecule has 0 saturated carbocycles. The maximum absolute atomic E-state index is 12.6. The van der Waals surface area contributed by atoms with Gasteiger partial charge in [0.05, 0.1) is 18.8 Å². The zero-order valence-electron chi connectivity index (χ0n) is 40.2. The summed E-state index contributed by atoms with van der Waals surface area (Å²) in [4.78, 5) is 12.6. The molecule has 0 aliphatic carbocycles. The molecule has 0 aliphatic rings. The van der Waals surface area contributed by atoms with Gasteiger partial charge in [0.25, 0.3) is 0 Å². The van der Waals surface area contributed by atoms with Gasteiger partial charge in [-0.25, -0.2) is 0 Å². The van der Waals surface area contributed by atoms with Gasteiger partial charge in [-0.2, -0.15) is 0 Å². The van der Waals surface area contributed by atoms with Gasteiger partial charge in [0.2, 0.25) is 5.91 Å². The Labute approximate surface area is 374 Å². The van der Waals surface area contributed by atoms with Gasteiger partial charge in [0, 0.05) is 0 Å². The molecule has 0 heterocycles. The molecule has 5 N–H and O–H groups in total. The summed E-state index contributed by atoms with van der Waals surface area (Å²) in [5, 5.41) is 43.9. The van der Waals surface area contributed by atoms with Crippen LogP contribution in [0, 0.1) is 0 Å². The van der Waals surface area contributed by atoms with Crippen molar-refractivity contribution >= 4 is 5.91 Å². The Hall–Kier alpha value is -1.21. The Morgan fingerprint density at radius 2 is 0.717 bits per heavy atom. The zero-order valence-corrected chi connectivity index (χ0v) is 40.2. The van der Waals surface area contributed by atoms with E-state index in [1.54, 1.807) is 0 Å². The average Bonchev–Trinajstić information content (AvgIpc) is 3.25. The first kappa shape index (κ1) is 58.8. The summed E-state index contributed by atoms with van der Waals surface area (Å²) in [6.45, 7) is 4.08. The molecule has 4 unspecified atom stereocenters. The van der Waals surface area contributed by atoms with Crippen molar-refractivity contribution in [3.05, 3.63) is 24.3 Å². The van der Waals surface area contributed by atoms with E-state index in [-0.39, 0.29) is 0 Å². The number of allylic oxidation sites excluding steroid dienone is 4. The van der Waals surface area contributed by atoms with Crippen LogP contribution in [0.4, 0.5) is 0 Å². The molecule has 0 fully saturated rings. The van der Waals surface area contributed by atoms with Crippen LogP contribution in [0.25, 0.3) is 0 Å². The van der Waals surface area contributed by atoms with Gasteiger partial charge >= 0.3 is 0 Å². The second-order valence-corrected chi connectivity index (χ2v) is 18.6. The number of hydrogen-bond acceptors (Lipinski definition) is 5. The molecule has 356 valence electrons. The minimum Gasteiger partial charge on any atom is -0.394 e. The molecule has 0 rings (SSSR count). The van der Waals surface area contributed by atoms with Crippen molar-refractivity contribution in [3.63, 3.8) is 0 Å². The second kappa shape index (κ2) is 48.8. The number of aliphatic hydroxyl groups is 4. The molecule has 0 spiro atoms. The number of carbonyl (C=O) groups excluding carboxylic acids is 1. The highest BCUT2D eigenvalue weighted by Crippen LogP contribution is 2.18. The molecule has 6 nitrogen and oxygen atoms in total. The van der Waals surface area contributed by atoms with Gasteiger partial charge in [-0.05, 0) is 44.9 Å². The van der Waals surface area contributed by atoms with Crippen LogP contribution in [-0.2, 0) is 4.79 Å². The number of carbonyl (C=O) groups is 1. The van der Waals surface area contributed by atoms with E-state index in [1.807, 2.05) is 0 Å². The first-order valence-electron chi connectivity index (χ1n) is 26.7. The summed E-state index contributed by atoms with van der Waals surface area (Å²) in [6.07, 6.45) is 58.0. The van der Waals surface area contributed by atoms with Gasteiger partial charge in [0.15, 0.2) is 0 Å². The normalized spacial score (nSPS) is 14.0. The molecule has 0 aliphatic heterocycles. The van der Waals surface area contributed by atoms with Crippen molar-refractivity contribution < 1.29 is 25.2 Å². The Balaban J connectivity index is 3.67. The SMILES string of the molecule is CCCCCCCCCCC/C=C\C/C=C\CCCCCCCCC(O)C(=O)NC(CO)C(O)C(O)CCCCCCCCCCCCCCCCCCCCCCCC. The predicted octanol–water partition coefficient (Wildman–Crippen LogP) is 15.1. The predicted molar refractivity (Wildman–Crippen MR) is 261 cm³/mol. The standard InChI is InChI=1S/C54H105NO5/c1-3-5-7-9-11-13-15-17-19-21-23-25-27-29-31-33-35-37-39-41-43-45-47-51(57)53(59)50(49-56)55-54(60)52(58)48-46-44-42-40-38-36-34-32-30-28-26-24-22-20-18-16-14-12-10-8-6-4-2/h24,26,30,32,50-53,56-59H,3-23,25,27-29,31,33-49H2,1-2H3,(H,55,60)/b26-24-,32-30-. The average molecular weight is 848 g/mol. The fourth-order valence-corrected chi connectivity index (χ4v) is 8.44. The molecule has 6 heteroatoms. The first-order valence-corrected chi connectivity index (χ1v) is 26.7. The third-order valence-electron chi connectivity index (χ3n) is 12.7. The van der Waals surface area contributed by atoms with Crippen LogP contribution < -0.4 is 5.32 Å². The second-order valence-electron chi connectivity index (χ2n) is 18.6. The van der Waals surface area contributed by atoms with E-state index in [1.165, 1.54) is 199 Å². The van der Waals surface area contributed by atoms with Crippen molar-refractivity contribution in [2.24, 2.45) is 0 Å². The molecule has 0 aromatic carbocycles. The van der Waals surface area contributed by atoms with Crippen LogP contribution in [0.5, 0.6) is 0 Å². The summed E-state index contributed by atoms with van der Waals surface area (Å²) < 4.78 is 0. The number of aliphatic hydroxyl groups excluding tert-OH is 4. The molecule has 60 heavy (non-hydrogen) atoms. The number of unbranched alkanes of at least 4 members (excludes halogenated alkanes) is 36. The lowest BCUT2D eigenvalue weighted by molar-refractivity contribution is -0.132. The summed E-state index contributed by atoms with van der Waals surface area (Å²) in [6, 6.07) is -0.989. The Morgan fingerprint density at radius 3 is 1.05 bits per heavy atom. The maximum Gasteiger partial charge on any atom is 0.249 e. The van der Waals surface area contributed by atoms with Crippen LogP contribution in [0.2, 0.25) is 0 Å². The highest BCUT2D eigenvalue weighted by Gasteiger charge is 2.28. The Kier molecular flexibility index (Phi) is 47.8. The summed E-state index contributed by atoms with van der Waals surface area (Å²) in [5.41, 5.74) is 0. The molecule has 0 aromatic heterocycles. The van der Waals surface area contributed by atoms with Gasteiger partial charge < -0.3 is 25.7 Å². The Bertz CT molecular complexity index is 909. The fraction of sp³-hybridized carbons (Fsp3) is 0.907. The molecule has 0 bridgehead atoms. The van der Waals surface area contributed by atoms with Gasteiger partial charge in [0.1, 0.15) is 12.2 Å². The van der Waals surface area contributed by atoms with E-state index in [0.29, 0.717) is 12.8 Å². The minimum absolute atomic E-state index is 0.359. The zero-order chi connectivity index (χ0) is 43.8. The lowest BCUT2D eigenvalue weighted by Gasteiger charge is -2.27. The Morgan fingerprint density at radius 1 is 0.417 bits per heavy atom. The van der Waals surface area contributed by atoms with E-state index in [0.717, 1.165) is 57.8 Å².